The van der Waals surface area contributed by atoms with E-state index in [9.17, 15) is 4.39 Å². The second kappa shape index (κ2) is 5.50. The van der Waals surface area contributed by atoms with Gasteiger partial charge in [0.2, 0.25) is 0 Å². The number of hydrogen-bond acceptors (Lipinski definition) is 2. The molecule has 1 fully saturated rings. The van der Waals surface area contributed by atoms with E-state index in [4.69, 9.17) is 0 Å². The molecule has 17 heavy (non-hydrogen) atoms. The second-order valence-electron chi connectivity index (χ2n) is 4.98. The highest BCUT2D eigenvalue weighted by molar-refractivity contribution is 5.45. The molecule has 0 amide bonds. The fourth-order valence-corrected chi connectivity index (χ4v) is 2.34. The van der Waals surface area contributed by atoms with Crippen molar-refractivity contribution in [2.45, 2.75) is 32.2 Å². The van der Waals surface area contributed by atoms with Crippen LogP contribution in [0, 0.1) is 12.7 Å². The first kappa shape index (κ1) is 12.4. The van der Waals surface area contributed by atoms with Crippen molar-refractivity contribution in [3.63, 3.8) is 0 Å². The van der Waals surface area contributed by atoms with Gasteiger partial charge in [0.1, 0.15) is 5.82 Å². The molecule has 0 saturated carbocycles. The number of piperidine rings is 1. The van der Waals surface area contributed by atoms with E-state index in [1.54, 1.807) is 13.0 Å². The monoisotopic (exact) mass is 236 g/mol. The Morgan fingerprint density at radius 3 is 2.94 bits per heavy atom. The Morgan fingerprint density at radius 1 is 1.41 bits per heavy atom. The van der Waals surface area contributed by atoms with Gasteiger partial charge in [-0.1, -0.05) is 12.5 Å². The van der Waals surface area contributed by atoms with Gasteiger partial charge in [0, 0.05) is 18.3 Å². The van der Waals surface area contributed by atoms with E-state index in [-0.39, 0.29) is 5.82 Å². The van der Waals surface area contributed by atoms with Gasteiger partial charge < -0.3 is 10.2 Å². The smallest absolute Gasteiger partial charge is 0.128 e. The summed E-state index contributed by atoms with van der Waals surface area (Å²) in [5.74, 6) is -0.132. The van der Waals surface area contributed by atoms with E-state index in [0.29, 0.717) is 11.6 Å². The minimum Gasteiger partial charge on any atom is -0.383 e. The van der Waals surface area contributed by atoms with Crippen molar-refractivity contribution in [2.24, 2.45) is 0 Å². The lowest BCUT2D eigenvalue weighted by molar-refractivity contribution is 0.194. The molecule has 0 aromatic heterocycles. The quantitative estimate of drug-likeness (QED) is 0.867. The number of anilines is 1. The molecule has 1 aliphatic rings. The first-order valence-electron chi connectivity index (χ1n) is 6.37. The molecule has 1 N–H and O–H groups in total. The molecular weight excluding hydrogens is 215 g/mol. The minimum absolute atomic E-state index is 0.132. The lowest BCUT2D eigenvalue weighted by atomic mass is 10.0. The lowest BCUT2D eigenvalue weighted by Gasteiger charge is -2.32. The number of nitrogens with one attached hydrogen (secondary N) is 1. The van der Waals surface area contributed by atoms with Gasteiger partial charge in [-0.25, -0.2) is 4.39 Å². The predicted molar refractivity (Wildman–Crippen MR) is 69.9 cm³/mol. The van der Waals surface area contributed by atoms with Crippen LogP contribution in [-0.2, 0) is 0 Å². The minimum atomic E-state index is -0.132. The number of rotatable bonds is 3. The van der Waals surface area contributed by atoms with Crippen molar-refractivity contribution < 1.29 is 4.39 Å². The van der Waals surface area contributed by atoms with Crippen LogP contribution in [0.4, 0.5) is 10.1 Å². The number of hydrogen-bond donors (Lipinski definition) is 1. The van der Waals surface area contributed by atoms with Gasteiger partial charge in [-0.3, -0.25) is 0 Å². The first-order valence-corrected chi connectivity index (χ1v) is 6.37. The van der Waals surface area contributed by atoms with Crippen molar-refractivity contribution in [3.8, 4) is 0 Å². The van der Waals surface area contributed by atoms with E-state index in [1.807, 2.05) is 12.1 Å². The molecule has 3 heteroatoms. The molecule has 2 rings (SSSR count). The fourth-order valence-electron chi connectivity index (χ4n) is 2.34. The van der Waals surface area contributed by atoms with Crippen LogP contribution in [0.5, 0.6) is 0 Å². The molecule has 1 aromatic carbocycles. The molecule has 1 aromatic rings. The van der Waals surface area contributed by atoms with E-state index in [1.165, 1.54) is 25.8 Å². The summed E-state index contributed by atoms with van der Waals surface area (Å²) in [6.07, 6.45) is 3.84. The molecule has 0 spiro atoms. The van der Waals surface area contributed by atoms with E-state index in [2.05, 4.69) is 17.3 Å². The average Bonchev–Trinajstić information content (AvgIpc) is 2.32. The SMILES string of the molecule is Cc1ccc(NCC2CCCCN2C)cc1F. The van der Waals surface area contributed by atoms with Crippen LogP contribution in [0.25, 0.3) is 0 Å². The molecule has 1 atom stereocenters. The van der Waals surface area contributed by atoms with Crippen molar-refractivity contribution >= 4 is 5.69 Å². The molecule has 1 unspecified atom stereocenters. The maximum atomic E-state index is 13.4. The van der Waals surface area contributed by atoms with Gasteiger partial charge in [-0.2, -0.15) is 0 Å². The summed E-state index contributed by atoms with van der Waals surface area (Å²) in [5.41, 5.74) is 1.58. The third kappa shape index (κ3) is 3.19. The van der Waals surface area contributed by atoms with E-state index < -0.39 is 0 Å². The Hall–Kier alpha value is -1.09. The van der Waals surface area contributed by atoms with Crippen LogP contribution in [0.1, 0.15) is 24.8 Å². The van der Waals surface area contributed by atoms with Crippen LogP contribution < -0.4 is 5.32 Å². The van der Waals surface area contributed by atoms with Crippen LogP contribution in [-0.4, -0.2) is 31.1 Å². The Kier molecular flexibility index (Phi) is 4.00. The summed E-state index contributed by atoms with van der Waals surface area (Å²) >= 11 is 0. The zero-order valence-electron chi connectivity index (χ0n) is 10.7. The lowest BCUT2D eigenvalue weighted by Crippen LogP contribution is -2.40. The van der Waals surface area contributed by atoms with Crippen LogP contribution in [0.15, 0.2) is 18.2 Å². The summed E-state index contributed by atoms with van der Waals surface area (Å²) in [4.78, 5) is 2.39. The molecule has 1 heterocycles. The molecule has 0 bridgehead atoms. The average molecular weight is 236 g/mol. The molecule has 1 saturated heterocycles. The number of likely N-dealkylation sites (tertiary alicyclic amines) is 1. The van der Waals surface area contributed by atoms with Crippen LogP contribution in [0.3, 0.4) is 0 Å². The highest BCUT2D eigenvalue weighted by Crippen LogP contribution is 2.17. The molecule has 94 valence electrons. The Bertz CT molecular complexity index is 378. The van der Waals surface area contributed by atoms with Gasteiger partial charge in [0.15, 0.2) is 0 Å². The Balaban J connectivity index is 1.90. The van der Waals surface area contributed by atoms with E-state index in [0.717, 1.165) is 12.2 Å². The zero-order valence-corrected chi connectivity index (χ0v) is 10.7. The standard InChI is InChI=1S/C14H21FN2/c1-11-6-7-12(9-14(11)15)16-10-13-5-3-4-8-17(13)2/h6-7,9,13,16H,3-5,8,10H2,1-2H3. The number of likely N-dealkylation sites (N-methyl/N-ethyl adjacent to an activating group) is 1. The van der Waals surface area contributed by atoms with Crippen molar-refractivity contribution in [3.05, 3.63) is 29.6 Å². The fraction of sp³-hybridized carbons (Fsp3) is 0.571. The first-order chi connectivity index (χ1) is 8.16. The summed E-state index contributed by atoms with van der Waals surface area (Å²) in [7, 11) is 2.17. The second-order valence-corrected chi connectivity index (χ2v) is 4.98. The summed E-state index contributed by atoms with van der Waals surface area (Å²) in [6.45, 7) is 3.86. The number of nitrogens with zero attached hydrogens (tertiary/aromatic N) is 1. The highest BCUT2D eigenvalue weighted by Gasteiger charge is 2.18. The predicted octanol–water partition coefficient (Wildman–Crippen LogP) is 3.03. The van der Waals surface area contributed by atoms with Gasteiger partial charge >= 0.3 is 0 Å². The summed E-state index contributed by atoms with van der Waals surface area (Å²) in [5, 5.41) is 3.33. The van der Waals surface area contributed by atoms with Crippen LogP contribution >= 0.6 is 0 Å². The summed E-state index contributed by atoms with van der Waals surface area (Å²) < 4.78 is 13.4. The van der Waals surface area contributed by atoms with Crippen molar-refractivity contribution in [2.75, 3.05) is 25.5 Å². The molecule has 2 nitrogen and oxygen atoms in total. The third-order valence-electron chi connectivity index (χ3n) is 3.64. The van der Waals surface area contributed by atoms with Crippen molar-refractivity contribution in [1.82, 2.24) is 4.90 Å². The van der Waals surface area contributed by atoms with Gasteiger partial charge in [-0.05, 0) is 51.1 Å². The van der Waals surface area contributed by atoms with Gasteiger partial charge in [0.25, 0.3) is 0 Å². The maximum absolute atomic E-state index is 13.4. The number of halogens is 1. The molecule has 0 radical (unpaired) electrons. The maximum Gasteiger partial charge on any atom is 0.128 e. The van der Waals surface area contributed by atoms with Crippen LogP contribution in [0.2, 0.25) is 0 Å². The summed E-state index contributed by atoms with van der Waals surface area (Å²) in [6, 6.07) is 5.93. The molecular formula is C14H21FN2. The molecule has 0 aliphatic carbocycles. The van der Waals surface area contributed by atoms with Gasteiger partial charge in [-0.15, -0.1) is 0 Å². The number of aryl methyl sites for hydroxylation is 1. The highest BCUT2D eigenvalue weighted by atomic mass is 19.1. The number of benzene rings is 1. The Labute approximate surface area is 103 Å². The Morgan fingerprint density at radius 2 is 2.24 bits per heavy atom. The zero-order chi connectivity index (χ0) is 12.3. The topological polar surface area (TPSA) is 15.3 Å². The molecule has 1 aliphatic heterocycles. The normalized spacial score (nSPS) is 21.5. The third-order valence-corrected chi connectivity index (χ3v) is 3.64. The van der Waals surface area contributed by atoms with Gasteiger partial charge in [0.05, 0.1) is 0 Å². The van der Waals surface area contributed by atoms with E-state index >= 15 is 0 Å². The van der Waals surface area contributed by atoms with Crippen molar-refractivity contribution in [1.29, 1.82) is 0 Å². The largest absolute Gasteiger partial charge is 0.383 e.